The van der Waals surface area contributed by atoms with Crippen LogP contribution in [0.4, 0.5) is 4.39 Å². The van der Waals surface area contributed by atoms with Gasteiger partial charge in [-0.2, -0.15) is 5.10 Å². The molecule has 1 aromatic carbocycles. The first-order valence-corrected chi connectivity index (χ1v) is 6.39. The van der Waals surface area contributed by atoms with Gasteiger partial charge >= 0.3 is 0 Å². The lowest BCUT2D eigenvalue weighted by atomic mass is 10.1. The van der Waals surface area contributed by atoms with Crippen LogP contribution in [0.5, 0.6) is 0 Å². The van der Waals surface area contributed by atoms with Gasteiger partial charge in [0.1, 0.15) is 5.52 Å². The highest BCUT2D eigenvalue weighted by Crippen LogP contribution is 2.19. The SMILES string of the molecule is CC(C)Cc1cc2nnc3c(F)c(C=O)ccc3n2n1. The van der Waals surface area contributed by atoms with Crippen molar-refractivity contribution in [3.05, 3.63) is 35.3 Å². The number of benzene rings is 1. The number of aldehydes is 1. The van der Waals surface area contributed by atoms with E-state index in [0.29, 0.717) is 23.4 Å². The topological polar surface area (TPSA) is 60.2 Å². The van der Waals surface area contributed by atoms with Gasteiger partial charge in [0.25, 0.3) is 0 Å². The van der Waals surface area contributed by atoms with Gasteiger partial charge < -0.3 is 0 Å². The molecule has 0 amide bonds. The van der Waals surface area contributed by atoms with E-state index in [2.05, 4.69) is 29.1 Å². The number of fused-ring (bicyclic) bond motifs is 3. The zero-order valence-corrected chi connectivity index (χ0v) is 11.2. The second-order valence-corrected chi connectivity index (χ2v) is 5.16. The Morgan fingerprint density at radius 3 is 2.85 bits per heavy atom. The number of carbonyl (C=O) groups excluding carboxylic acids is 1. The molecule has 0 aliphatic heterocycles. The summed E-state index contributed by atoms with van der Waals surface area (Å²) in [4.78, 5) is 10.7. The number of halogens is 1. The van der Waals surface area contributed by atoms with Crippen molar-refractivity contribution in [3.63, 3.8) is 0 Å². The predicted octanol–water partition coefficient (Wildman–Crippen LogP) is 2.43. The van der Waals surface area contributed by atoms with E-state index in [1.807, 2.05) is 6.07 Å². The van der Waals surface area contributed by atoms with Gasteiger partial charge in [0.05, 0.1) is 16.8 Å². The molecule has 5 nitrogen and oxygen atoms in total. The third-order valence-corrected chi connectivity index (χ3v) is 3.09. The first kappa shape index (κ1) is 12.7. The van der Waals surface area contributed by atoms with E-state index in [4.69, 9.17) is 0 Å². The normalized spacial score (nSPS) is 11.6. The van der Waals surface area contributed by atoms with Gasteiger partial charge in [-0.1, -0.05) is 13.8 Å². The quantitative estimate of drug-likeness (QED) is 0.687. The van der Waals surface area contributed by atoms with Crippen LogP contribution in [0.3, 0.4) is 0 Å². The molecule has 102 valence electrons. The van der Waals surface area contributed by atoms with Gasteiger partial charge in [-0.15, -0.1) is 10.2 Å². The highest BCUT2D eigenvalue weighted by molar-refractivity contribution is 5.86. The Balaban J connectivity index is 2.27. The number of hydrogen-bond donors (Lipinski definition) is 0. The zero-order valence-electron chi connectivity index (χ0n) is 11.2. The molecule has 0 radical (unpaired) electrons. The standard InChI is InChI=1S/C14H13FN4O/c1-8(2)5-10-6-12-16-17-14-11(19(12)18-10)4-3-9(7-20)13(14)15/h3-4,6-8H,5H2,1-2H3. The molecule has 0 saturated heterocycles. The molecule has 3 rings (SSSR count). The number of rotatable bonds is 3. The summed E-state index contributed by atoms with van der Waals surface area (Å²) in [6.07, 6.45) is 1.29. The van der Waals surface area contributed by atoms with Gasteiger partial charge in [0.2, 0.25) is 0 Å². The molecule has 0 aliphatic rings. The van der Waals surface area contributed by atoms with Crippen LogP contribution in [0.15, 0.2) is 18.2 Å². The summed E-state index contributed by atoms with van der Waals surface area (Å²) in [5.74, 6) is -0.189. The van der Waals surface area contributed by atoms with Crippen molar-refractivity contribution in [3.8, 4) is 0 Å². The number of carbonyl (C=O) groups is 1. The summed E-state index contributed by atoms with van der Waals surface area (Å²) in [7, 11) is 0. The van der Waals surface area contributed by atoms with Gasteiger partial charge in [-0.05, 0) is 24.5 Å². The van der Waals surface area contributed by atoms with E-state index in [9.17, 15) is 9.18 Å². The van der Waals surface area contributed by atoms with E-state index < -0.39 is 5.82 Å². The van der Waals surface area contributed by atoms with E-state index in [-0.39, 0.29) is 11.1 Å². The Labute approximate surface area is 114 Å². The highest BCUT2D eigenvalue weighted by Gasteiger charge is 2.13. The van der Waals surface area contributed by atoms with Crippen molar-refractivity contribution >= 4 is 23.0 Å². The monoisotopic (exact) mass is 272 g/mol. The molecule has 0 atom stereocenters. The lowest BCUT2D eigenvalue weighted by Crippen LogP contribution is -2.01. The van der Waals surface area contributed by atoms with Gasteiger partial charge in [0.15, 0.2) is 17.8 Å². The Hall–Kier alpha value is -2.37. The Kier molecular flexibility index (Phi) is 2.93. The van der Waals surface area contributed by atoms with Gasteiger partial charge in [0, 0.05) is 6.07 Å². The van der Waals surface area contributed by atoms with Gasteiger partial charge in [-0.3, -0.25) is 4.79 Å². The predicted molar refractivity (Wildman–Crippen MR) is 72.2 cm³/mol. The van der Waals surface area contributed by atoms with E-state index in [1.165, 1.54) is 6.07 Å². The van der Waals surface area contributed by atoms with E-state index >= 15 is 0 Å². The molecular weight excluding hydrogens is 259 g/mol. The second-order valence-electron chi connectivity index (χ2n) is 5.16. The lowest BCUT2D eigenvalue weighted by Gasteiger charge is -2.02. The maximum Gasteiger partial charge on any atom is 0.178 e. The maximum atomic E-state index is 14.0. The molecule has 0 spiro atoms. The summed E-state index contributed by atoms with van der Waals surface area (Å²) < 4.78 is 15.6. The molecule has 0 aliphatic carbocycles. The van der Waals surface area contributed by atoms with Crippen LogP contribution in [-0.4, -0.2) is 26.1 Å². The van der Waals surface area contributed by atoms with Crippen LogP contribution >= 0.6 is 0 Å². The van der Waals surface area contributed by atoms with Crippen molar-refractivity contribution in [1.29, 1.82) is 0 Å². The van der Waals surface area contributed by atoms with E-state index in [0.717, 1.165) is 12.1 Å². The molecular formula is C14H13FN4O. The van der Waals surface area contributed by atoms with Crippen molar-refractivity contribution in [2.24, 2.45) is 5.92 Å². The molecule has 20 heavy (non-hydrogen) atoms. The molecule has 0 fully saturated rings. The molecule has 2 heterocycles. The number of hydrogen-bond acceptors (Lipinski definition) is 4. The average Bonchev–Trinajstić information content (AvgIpc) is 2.80. The maximum absolute atomic E-state index is 14.0. The van der Waals surface area contributed by atoms with Crippen LogP contribution in [-0.2, 0) is 6.42 Å². The highest BCUT2D eigenvalue weighted by atomic mass is 19.1. The molecule has 0 bridgehead atoms. The average molecular weight is 272 g/mol. The van der Waals surface area contributed by atoms with Crippen LogP contribution in [0, 0.1) is 11.7 Å². The molecule has 0 saturated carbocycles. The van der Waals surface area contributed by atoms with Crippen molar-refractivity contribution in [2.45, 2.75) is 20.3 Å². The fourth-order valence-electron chi connectivity index (χ4n) is 2.21. The summed E-state index contributed by atoms with van der Waals surface area (Å²) >= 11 is 0. The molecule has 2 aromatic heterocycles. The number of nitrogens with zero attached hydrogens (tertiary/aromatic N) is 4. The Bertz CT molecular complexity index is 810. The fraction of sp³-hybridized carbons (Fsp3) is 0.286. The minimum atomic E-state index is -0.659. The zero-order chi connectivity index (χ0) is 14.3. The van der Waals surface area contributed by atoms with Crippen molar-refractivity contribution < 1.29 is 9.18 Å². The Morgan fingerprint density at radius 2 is 2.15 bits per heavy atom. The van der Waals surface area contributed by atoms with Crippen LogP contribution in [0.2, 0.25) is 0 Å². The third kappa shape index (κ3) is 1.93. The summed E-state index contributed by atoms with van der Waals surface area (Å²) in [5, 5.41) is 12.3. The molecule has 0 N–H and O–H groups in total. The Morgan fingerprint density at radius 1 is 1.35 bits per heavy atom. The molecule has 0 unspecified atom stereocenters. The summed E-state index contributed by atoms with van der Waals surface area (Å²) in [6.45, 7) is 4.20. The minimum absolute atomic E-state index is 0.0271. The summed E-state index contributed by atoms with van der Waals surface area (Å²) in [5.41, 5.74) is 2.00. The first-order valence-electron chi connectivity index (χ1n) is 6.39. The molecule has 3 aromatic rings. The van der Waals surface area contributed by atoms with Crippen LogP contribution in [0.1, 0.15) is 29.9 Å². The van der Waals surface area contributed by atoms with E-state index in [1.54, 1.807) is 10.6 Å². The smallest absolute Gasteiger partial charge is 0.178 e. The third-order valence-electron chi connectivity index (χ3n) is 3.09. The second kappa shape index (κ2) is 4.63. The largest absolute Gasteiger partial charge is 0.298 e. The lowest BCUT2D eigenvalue weighted by molar-refractivity contribution is 0.112. The number of aromatic nitrogens is 4. The first-order chi connectivity index (χ1) is 9.60. The van der Waals surface area contributed by atoms with Crippen LogP contribution < -0.4 is 0 Å². The fourth-order valence-corrected chi connectivity index (χ4v) is 2.21. The van der Waals surface area contributed by atoms with Gasteiger partial charge in [-0.25, -0.2) is 8.91 Å². The summed E-state index contributed by atoms with van der Waals surface area (Å²) in [6, 6.07) is 4.91. The van der Waals surface area contributed by atoms with Crippen LogP contribution in [0.25, 0.3) is 16.7 Å². The molecule has 6 heteroatoms. The minimum Gasteiger partial charge on any atom is -0.298 e. The van der Waals surface area contributed by atoms with Crippen molar-refractivity contribution in [1.82, 2.24) is 19.8 Å². The van der Waals surface area contributed by atoms with Crippen molar-refractivity contribution in [2.75, 3.05) is 0 Å².